The van der Waals surface area contributed by atoms with Crippen LogP contribution in [-0.2, 0) is 47.9 Å². The first-order valence-electron chi connectivity index (χ1n) is 28.0. The molecule has 35 heteroatoms. The highest BCUT2D eigenvalue weighted by Crippen LogP contribution is 2.20. The number of hydrogen-bond donors (Lipinski definition) is 25. The Balaban J connectivity index is 7.16. The van der Waals surface area contributed by atoms with Crippen LogP contribution in [0, 0.1) is 5.41 Å². The van der Waals surface area contributed by atoms with Crippen molar-refractivity contribution < 1.29 is 135 Å². The quantitative estimate of drug-likeness (QED) is 0.0269. The average molecular weight is 1260 g/mol. The number of carbonyl (C=O) groups is 10. The Kier molecular flexibility index (Phi) is 37.4. The molecule has 0 bridgehead atoms. The summed E-state index contributed by atoms with van der Waals surface area (Å²) in [6.45, 7) is 4.05. The number of rotatable bonds is 44. The Morgan fingerprint density at radius 1 is 0.345 bits per heavy atom. The standard InChI is InChI=1S/C52H94N8O27/c1-51(2,3)46(83)24(10-14-35(70)53-18-29(64)40(77)43(80)32(67)21-61)56-48(85)27(13-17-39(75)76)59-49(86)26(11-15-36(71)54-19-30(65)41(78)44(81)33(68)22-62)58-47(84)25(8-7-9-38(73)74)57-50(87)28(60-52(4,5)6)12-16-37(72)55-20-31(66)42(79)45(82)34(69)23-63/h24-34,40-45,60-69,77-82H,7-23H2,1-6H3,(H,53,70)(H,54,71)(H,55,72)(H,56,85)(H,57,87)(H,58,84)(H,59,86)(H,73,74)(H,75,76)/t24-,25-,26-,27-,28-,29-,30-,31-,32+,33+,34+,40+,41+,42+,43+,44+,45+/m0/s1. The van der Waals surface area contributed by atoms with Crippen LogP contribution in [0.2, 0.25) is 0 Å². The molecule has 0 unspecified atom stereocenters. The number of aliphatic hydroxyl groups excluding tert-OH is 15. The number of Topliss-reactive ketones (excluding diaryl/α,β-unsaturated/α-hetero) is 1. The van der Waals surface area contributed by atoms with Crippen molar-refractivity contribution in [2.45, 2.75) is 221 Å². The number of aliphatic carboxylic acids is 2. The zero-order chi connectivity index (χ0) is 67.3. The van der Waals surface area contributed by atoms with E-state index in [1.165, 1.54) is 20.8 Å². The largest absolute Gasteiger partial charge is 0.481 e. The summed E-state index contributed by atoms with van der Waals surface area (Å²) in [5.41, 5.74) is -2.14. The maximum atomic E-state index is 14.4. The van der Waals surface area contributed by atoms with Crippen LogP contribution in [0.1, 0.15) is 112 Å². The second-order valence-electron chi connectivity index (χ2n) is 22.9. The maximum absolute atomic E-state index is 14.4. The van der Waals surface area contributed by atoms with Crippen LogP contribution >= 0.6 is 0 Å². The van der Waals surface area contributed by atoms with E-state index < -0.39 is 271 Å². The van der Waals surface area contributed by atoms with Crippen LogP contribution in [-0.4, -0.2) is 294 Å². The van der Waals surface area contributed by atoms with Gasteiger partial charge in [-0.1, -0.05) is 20.8 Å². The van der Waals surface area contributed by atoms with Gasteiger partial charge < -0.3 is 129 Å². The lowest BCUT2D eigenvalue weighted by atomic mass is 9.84. The Morgan fingerprint density at radius 3 is 0.908 bits per heavy atom. The van der Waals surface area contributed by atoms with Gasteiger partial charge in [-0.2, -0.15) is 0 Å². The van der Waals surface area contributed by atoms with Gasteiger partial charge in [0.15, 0.2) is 5.78 Å². The van der Waals surface area contributed by atoms with Crippen molar-refractivity contribution in [1.82, 2.24) is 42.5 Å². The van der Waals surface area contributed by atoms with Crippen molar-refractivity contribution >= 4 is 59.1 Å². The summed E-state index contributed by atoms with van der Waals surface area (Å²) in [5.74, 6) is -11.0. The zero-order valence-electron chi connectivity index (χ0n) is 49.5. The molecule has 0 spiro atoms. The predicted octanol–water partition coefficient (Wildman–Crippen LogP) is -10.6. The molecule has 0 rings (SSSR count). The topological polar surface area (TPSA) is 611 Å². The zero-order valence-corrected chi connectivity index (χ0v) is 49.5. The highest BCUT2D eigenvalue weighted by molar-refractivity contribution is 5.97. The summed E-state index contributed by atoms with van der Waals surface area (Å²) in [7, 11) is 0. The summed E-state index contributed by atoms with van der Waals surface area (Å²) in [6.07, 6.45) is -29.8. The Bertz CT molecular complexity index is 2190. The molecule has 504 valence electrons. The second kappa shape index (κ2) is 40.0. The highest BCUT2D eigenvalue weighted by atomic mass is 16.4. The van der Waals surface area contributed by atoms with Crippen molar-refractivity contribution in [2.75, 3.05) is 39.5 Å². The van der Waals surface area contributed by atoms with Crippen molar-refractivity contribution in [3.8, 4) is 0 Å². The molecule has 35 nitrogen and oxygen atoms in total. The van der Waals surface area contributed by atoms with E-state index in [-0.39, 0.29) is 12.8 Å². The molecular formula is C52H94N8O27. The van der Waals surface area contributed by atoms with Gasteiger partial charge in [-0.05, 0) is 59.3 Å². The van der Waals surface area contributed by atoms with Gasteiger partial charge in [-0.25, -0.2) is 0 Å². The first kappa shape index (κ1) is 81.3. The average Bonchev–Trinajstić information content (AvgIpc) is 3.67. The van der Waals surface area contributed by atoms with Gasteiger partial charge in [0.2, 0.25) is 41.4 Å². The normalized spacial score (nSPS) is 17.9. The molecule has 0 aromatic heterocycles. The van der Waals surface area contributed by atoms with E-state index in [0.717, 1.165) is 0 Å². The number of carboxylic acids is 2. The molecule has 0 aromatic carbocycles. The van der Waals surface area contributed by atoms with E-state index in [2.05, 4.69) is 42.5 Å². The molecule has 0 aliphatic heterocycles. The van der Waals surface area contributed by atoms with Crippen LogP contribution in [0.15, 0.2) is 0 Å². The molecule has 0 aliphatic carbocycles. The molecular weight excluding hydrogens is 1170 g/mol. The molecule has 0 aliphatic rings. The summed E-state index contributed by atoms with van der Waals surface area (Å²) < 4.78 is 0. The Labute approximate surface area is 501 Å². The summed E-state index contributed by atoms with van der Waals surface area (Å²) >= 11 is 0. The first-order valence-corrected chi connectivity index (χ1v) is 28.0. The van der Waals surface area contributed by atoms with Crippen molar-refractivity contribution in [1.29, 1.82) is 0 Å². The number of amides is 7. The third-order valence-electron chi connectivity index (χ3n) is 13.2. The second-order valence-corrected chi connectivity index (χ2v) is 22.9. The minimum atomic E-state index is -2.12. The van der Waals surface area contributed by atoms with E-state index in [9.17, 15) is 119 Å². The van der Waals surface area contributed by atoms with Gasteiger partial charge in [-0.15, -0.1) is 0 Å². The van der Waals surface area contributed by atoms with E-state index in [1.54, 1.807) is 20.8 Å². The van der Waals surface area contributed by atoms with Gasteiger partial charge in [0.1, 0.15) is 73.1 Å². The third-order valence-corrected chi connectivity index (χ3v) is 13.2. The molecule has 7 amide bonds. The monoisotopic (exact) mass is 1260 g/mol. The minimum absolute atomic E-state index is 0.303. The SMILES string of the molecule is CC(C)(C)N[C@@H](CCC(=O)NC[C@H](O)[C@@H](O)[C@H](O)[C@H](O)CO)C(=O)N[C@@H](CCCC(=O)O)C(=O)N[C@@H](CCC(=O)NC[C@H](O)[C@@H](O)[C@H](O)[C@H](O)CO)C(=O)N[C@@H](CCC(=O)O)C(=O)N[C@@H](CCC(=O)NC[C@H](O)[C@@H](O)[C@H](O)[C@H](O)CO)C(=O)C(C)(C)C. The van der Waals surface area contributed by atoms with E-state index in [1.807, 2.05) is 0 Å². The van der Waals surface area contributed by atoms with Gasteiger partial charge >= 0.3 is 11.9 Å². The lowest BCUT2D eigenvalue weighted by Crippen LogP contribution is -2.59. The Hall–Kier alpha value is -5.74. The molecule has 17 atom stereocenters. The fourth-order valence-corrected chi connectivity index (χ4v) is 8.00. The van der Waals surface area contributed by atoms with Gasteiger partial charge in [0.05, 0.1) is 50.2 Å². The number of hydrogen-bond acceptors (Lipinski definition) is 26. The minimum Gasteiger partial charge on any atom is -0.481 e. The van der Waals surface area contributed by atoms with E-state index in [0.29, 0.717) is 0 Å². The number of aliphatic hydroxyl groups is 15. The molecule has 0 saturated heterocycles. The Morgan fingerprint density at radius 2 is 0.609 bits per heavy atom. The third kappa shape index (κ3) is 31.8. The van der Waals surface area contributed by atoms with Crippen LogP contribution in [0.25, 0.3) is 0 Å². The molecule has 0 radical (unpaired) electrons. The van der Waals surface area contributed by atoms with E-state index in [4.69, 9.17) is 15.3 Å². The van der Waals surface area contributed by atoms with Crippen molar-refractivity contribution in [3.63, 3.8) is 0 Å². The molecule has 0 aromatic rings. The van der Waals surface area contributed by atoms with Crippen LogP contribution in [0.3, 0.4) is 0 Å². The number of ketones is 1. The summed E-state index contributed by atoms with van der Waals surface area (Å²) in [6, 6.07) is -8.49. The highest BCUT2D eigenvalue weighted by Gasteiger charge is 2.38. The van der Waals surface area contributed by atoms with Crippen LogP contribution in [0.4, 0.5) is 0 Å². The number of carboxylic acid groups (broad SMARTS) is 2. The van der Waals surface area contributed by atoms with Gasteiger partial charge in [-0.3, -0.25) is 47.9 Å². The molecule has 0 fully saturated rings. The fourth-order valence-electron chi connectivity index (χ4n) is 8.00. The van der Waals surface area contributed by atoms with Crippen molar-refractivity contribution in [2.24, 2.45) is 5.41 Å². The van der Waals surface area contributed by atoms with Gasteiger partial charge in [0, 0.05) is 62.7 Å². The summed E-state index contributed by atoms with van der Waals surface area (Å²) in [4.78, 5) is 133. The fraction of sp³-hybridized carbons (Fsp3) is 0.808. The smallest absolute Gasteiger partial charge is 0.303 e. The first-order chi connectivity index (χ1) is 40.2. The molecule has 0 heterocycles. The number of carbonyl (C=O) groups excluding carboxylic acids is 8. The summed E-state index contributed by atoms with van der Waals surface area (Å²) in [5, 5.41) is 185. The lowest BCUT2D eigenvalue weighted by Gasteiger charge is -2.30. The van der Waals surface area contributed by atoms with Crippen LogP contribution < -0.4 is 42.5 Å². The van der Waals surface area contributed by atoms with Crippen LogP contribution in [0.5, 0.6) is 0 Å². The van der Waals surface area contributed by atoms with Crippen molar-refractivity contribution in [3.05, 3.63) is 0 Å². The maximum Gasteiger partial charge on any atom is 0.303 e. The molecule has 0 saturated carbocycles. The van der Waals surface area contributed by atoms with E-state index >= 15 is 0 Å². The lowest BCUT2D eigenvalue weighted by molar-refractivity contribution is -0.139. The predicted molar refractivity (Wildman–Crippen MR) is 297 cm³/mol. The number of nitrogens with one attached hydrogen (secondary N) is 8. The van der Waals surface area contributed by atoms with Gasteiger partial charge in [0.25, 0.3) is 0 Å². The molecule has 25 N–H and O–H groups in total. The molecule has 87 heavy (non-hydrogen) atoms.